The first-order valence-electron chi connectivity index (χ1n) is 6.91. The highest BCUT2D eigenvalue weighted by molar-refractivity contribution is 6.17. The number of nitrogens with zero attached hydrogens (tertiary/aromatic N) is 1. The summed E-state index contributed by atoms with van der Waals surface area (Å²) in [5.74, 6) is 0.456. The topological polar surface area (TPSA) is 32.3 Å². The second kappa shape index (κ2) is 6.92. The summed E-state index contributed by atoms with van der Waals surface area (Å²) in [6, 6.07) is 7.82. The summed E-state index contributed by atoms with van der Waals surface area (Å²) in [4.78, 5) is 14.6. The van der Waals surface area contributed by atoms with Crippen molar-refractivity contribution in [2.45, 2.75) is 31.7 Å². The molecule has 1 heterocycles. The fraction of sp³-hybridized carbons (Fsp3) is 0.533. The van der Waals surface area contributed by atoms with Gasteiger partial charge in [-0.15, -0.1) is 11.6 Å². The second-order valence-corrected chi connectivity index (χ2v) is 5.28. The van der Waals surface area contributed by atoms with Crippen molar-refractivity contribution >= 4 is 17.5 Å². The number of hydrogen-bond donors (Lipinski definition) is 1. The number of rotatable bonds is 4. The van der Waals surface area contributed by atoms with Crippen LogP contribution < -0.4 is 5.32 Å². The highest BCUT2D eigenvalue weighted by atomic mass is 35.5. The molecule has 3 nitrogen and oxygen atoms in total. The van der Waals surface area contributed by atoms with Gasteiger partial charge in [-0.3, -0.25) is 4.79 Å². The van der Waals surface area contributed by atoms with Crippen molar-refractivity contribution in [2.24, 2.45) is 0 Å². The van der Waals surface area contributed by atoms with Crippen molar-refractivity contribution in [3.8, 4) is 0 Å². The van der Waals surface area contributed by atoms with Gasteiger partial charge < -0.3 is 10.2 Å². The zero-order valence-corrected chi connectivity index (χ0v) is 12.1. The van der Waals surface area contributed by atoms with E-state index in [0.29, 0.717) is 17.5 Å². The van der Waals surface area contributed by atoms with Crippen LogP contribution in [0.25, 0.3) is 0 Å². The number of carbonyl (C=O) groups is 1. The number of likely N-dealkylation sites (tertiary alicyclic amines) is 1. The average Bonchev–Trinajstić information content (AvgIpc) is 2.48. The lowest BCUT2D eigenvalue weighted by molar-refractivity contribution is 0.0912. The van der Waals surface area contributed by atoms with Crippen LogP contribution in [-0.2, 0) is 5.88 Å². The Kier molecular flexibility index (Phi) is 5.23. The molecule has 1 N–H and O–H groups in total. The predicted molar refractivity (Wildman–Crippen MR) is 78.6 cm³/mol. The minimum absolute atomic E-state index is 0.0157. The van der Waals surface area contributed by atoms with Crippen LogP contribution in [0.2, 0.25) is 0 Å². The molecule has 1 fully saturated rings. The molecule has 4 heteroatoms. The molecular weight excluding hydrogens is 260 g/mol. The zero-order chi connectivity index (χ0) is 13.7. The molecule has 0 bridgehead atoms. The van der Waals surface area contributed by atoms with E-state index >= 15 is 0 Å². The molecule has 1 aliphatic rings. The minimum Gasteiger partial charge on any atom is -0.349 e. The summed E-state index contributed by atoms with van der Waals surface area (Å²) in [7, 11) is 0. The van der Waals surface area contributed by atoms with Crippen LogP contribution in [0.1, 0.15) is 35.7 Å². The van der Waals surface area contributed by atoms with Gasteiger partial charge in [0, 0.05) is 30.6 Å². The Morgan fingerprint density at radius 1 is 1.42 bits per heavy atom. The number of carbonyl (C=O) groups excluding carboxylic acids is 1. The van der Waals surface area contributed by atoms with E-state index in [0.717, 1.165) is 38.0 Å². The van der Waals surface area contributed by atoms with Gasteiger partial charge in [0.25, 0.3) is 5.91 Å². The van der Waals surface area contributed by atoms with Gasteiger partial charge in [-0.25, -0.2) is 0 Å². The van der Waals surface area contributed by atoms with Crippen molar-refractivity contribution in [3.05, 3.63) is 35.4 Å². The molecular formula is C15H21ClN2O. The van der Waals surface area contributed by atoms with Crippen molar-refractivity contribution in [2.75, 3.05) is 19.6 Å². The molecule has 1 amide bonds. The fourth-order valence-corrected chi connectivity index (χ4v) is 2.62. The maximum absolute atomic E-state index is 12.2. The minimum atomic E-state index is 0.0157. The zero-order valence-electron chi connectivity index (χ0n) is 11.4. The van der Waals surface area contributed by atoms with Crippen molar-refractivity contribution in [1.29, 1.82) is 0 Å². The third-order valence-electron chi connectivity index (χ3n) is 3.71. The lowest BCUT2D eigenvalue weighted by Gasteiger charge is -2.31. The molecule has 1 aliphatic heterocycles. The standard InChI is InChI=1S/C15H21ClN2O/c1-2-18-8-6-14(7-9-18)17-15(19)13-5-3-4-12(10-13)11-16/h3-5,10,14H,2,6-9,11H2,1H3,(H,17,19). The molecule has 2 rings (SSSR count). The summed E-state index contributed by atoms with van der Waals surface area (Å²) in [6.07, 6.45) is 2.07. The lowest BCUT2D eigenvalue weighted by Crippen LogP contribution is -2.44. The van der Waals surface area contributed by atoms with Gasteiger partial charge in [0.2, 0.25) is 0 Å². The Bertz CT molecular complexity index is 428. The van der Waals surface area contributed by atoms with Gasteiger partial charge in [0.05, 0.1) is 0 Å². The van der Waals surface area contributed by atoms with E-state index in [2.05, 4.69) is 17.1 Å². The van der Waals surface area contributed by atoms with Crippen LogP contribution in [-0.4, -0.2) is 36.5 Å². The Hall–Kier alpha value is -1.06. The molecule has 1 aromatic carbocycles. The van der Waals surface area contributed by atoms with Crippen molar-refractivity contribution in [3.63, 3.8) is 0 Å². The van der Waals surface area contributed by atoms with Gasteiger partial charge in [-0.1, -0.05) is 19.1 Å². The van der Waals surface area contributed by atoms with E-state index in [1.165, 1.54) is 0 Å². The monoisotopic (exact) mass is 280 g/mol. The first-order valence-corrected chi connectivity index (χ1v) is 7.44. The highest BCUT2D eigenvalue weighted by Gasteiger charge is 2.20. The number of nitrogens with one attached hydrogen (secondary N) is 1. The smallest absolute Gasteiger partial charge is 0.251 e. The predicted octanol–water partition coefficient (Wildman–Crippen LogP) is 2.64. The molecule has 0 aromatic heterocycles. The van der Waals surface area contributed by atoms with Gasteiger partial charge >= 0.3 is 0 Å². The van der Waals surface area contributed by atoms with Gasteiger partial charge in [0.15, 0.2) is 0 Å². The Morgan fingerprint density at radius 2 is 2.16 bits per heavy atom. The summed E-state index contributed by atoms with van der Waals surface area (Å²) in [5, 5.41) is 3.12. The molecule has 19 heavy (non-hydrogen) atoms. The van der Waals surface area contributed by atoms with Crippen LogP contribution in [0.4, 0.5) is 0 Å². The largest absolute Gasteiger partial charge is 0.349 e. The first kappa shape index (κ1) is 14.4. The first-order chi connectivity index (χ1) is 9.22. The van der Waals surface area contributed by atoms with Crippen molar-refractivity contribution in [1.82, 2.24) is 10.2 Å². The molecule has 0 radical (unpaired) electrons. The van der Waals surface area contributed by atoms with Crippen LogP contribution in [0.15, 0.2) is 24.3 Å². The summed E-state index contributed by atoms with van der Waals surface area (Å²) in [5.41, 5.74) is 1.69. The Labute approximate surface area is 119 Å². The summed E-state index contributed by atoms with van der Waals surface area (Å²) < 4.78 is 0. The van der Waals surface area contributed by atoms with Gasteiger partial charge in [-0.2, -0.15) is 0 Å². The summed E-state index contributed by atoms with van der Waals surface area (Å²) in [6.45, 7) is 5.42. The maximum atomic E-state index is 12.2. The number of alkyl halides is 1. The fourth-order valence-electron chi connectivity index (χ4n) is 2.46. The van der Waals surface area contributed by atoms with E-state index in [1.807, 2.05) is 24.3 Å². The third-order valence-corrected chi connectivity index (χ3v) is 4.02. The molecule has 104 valence electrons. The molecule has 0 spiro atoms. The average molecular weight is 281 g/mol. The quantitative estimate of drug-likeness (QED) is 0.860. The van der Waals surface area contributed by atoms with Crippen LogP contribution in [0, 0.1) is 0 Å². The maximum Gasteiger partial charge on any atom is 0.251 e. The highest BCUT2D eigenvalue weighted by Crippen LogP contribution is 2.12. The van der Waals surface area contributed by atoms with E-state index in [1.54, 1.807) is 0 Å². The van der Waals surface area contributed by atoms with Crippen LogP contribution in [0.5, 0.6) is 0 Å². The number of piperidine rings is 1. The molecule has 0 aliphatic carbocycles. The van der Waals surface area contributed by atoms with E-state index in [9.17, 15) is 4.79 Å². The third kappa shape index (κ3) is 3.95. The number of halogens is 1. The molecule has 0 saturated carbocycles. The lowest BCUT2D eigenvalue weighted by atomic mass is 10.0. The van der Waals surface area contributed by atoms with Gasteiger partial charge in [-0.05, 0) is 37.1 Å². The molecule has 1 aromatic rings. The summed E-state index contributed by atoms with van der Waals surface area (Å²) >= 11 is 5.79. The SMILES string of the molecule is CCN1CCC(NC(=O)c2cccc(CCl)c2)CC1. The van der Waals surface area contributed by atoms with Gasteiger partial charge in [0.1, 0.15) is 0 Å². The second-order valence-electron chi connectivity index (χ2n) is 5.02. The van der Waals surface area contributed by atoms with E-state index < -0.39 is 0 Å². The Balaban J connectivity index is 1.90. The van der Waals surface area contributed by atoms with Crippen LogP contribution in [0.3, 0.4) is 0 Å². The van der Waals surface area contributed by atoms with Crippen LogP contribution >= 0.6 is 11.6 Å². The van der Waals surface area contributed by atoms with E-state index in [4.69, 9.17) is 11.6 Å². The number of amides is 1. The van der Waals surface area contributed by atoms with Crippen molar-refractivity contribution < 1.29 is 4.79 Å². The van der Waals surface area contributed by atoms with E-state index in [-0.39, 0.29) is 5.91 Å². The molecule has 0 unspecified atom stereocenters. The molecule has 0 atom stereocenters. The molecule has 1 saturated heterocycles. The number of hydrogen-bond acceptors (Lipinski definition) is 2. The number of benzene rings is 1. The normalized spacial score (nSPS) is 17.4. The Morgan fingerprint density at radius 3 is 2.79 bits per heavy atom.